The Hall–Kier alpha value is -1.26. The minimum Gasteiger partial charge on any atom is -0.393 e. The molecule has 1 aliphatic heterocycles. The number of carbonyl (C=O) groups is 1. The molecule has 0 saturated carbocycles. The highest BCUT2D eigenvalue weighted by atomic mass is 35.5. The van der Waals surface area contributed by atoms with Gasteiger partial charge in [-0.05, 0) is 42.9 Å². The first kappa shape index (κ1) is 18.1. The van der Waals surface area contributed by atoms with Gasteiger partial charge in [-0.2, -0.15) is 0 Å². The average molecular weight is 339 g/mol. The summed E-state index contributed by atoms with van der Waals surface area (Å²) >= 11 is 6.03. The van der Waals surface area contributed by atoms with Crippen LogP contribution >= 0.6 is 11.6 Å². The number of amides is 2. The highest BCUT2D eigenvalue weighted by molar-refractivity contribution is 6.30. The Labute approximate surface area is 143 Å². The normalized spacial score (nSPS) is 19.7. The Morgan fingerprint density at radius 1 is 1.52 bits per heavy atom. The van der Waals surface area contributed by atoms with Crippen molar-refractivity contribution in [2.24, 2.45) is 11.3 Å². The van der Waals surface area contributed by atoms with E-state index in [4.69, 9.17) is 11.6 Å². The summed E-state index contributed by atoms with van der Waals surface area (Å²) in [6.45, 7) is 8.02. The van der Waals surface area contributed by atoms with Crippen LogP contribution in [0.15, 0.2) is 24.3 Å². The van der Waals surface area contributed by atoms with Crippen LogP contribution in [-0.2, 0) is 6.42 Å². The third-order valence-electron chi connectivity index (χ3n) is 4.48. The van der Waals surface area contributed by atoms with Crippen molar-refractivity contribution >= 4 is 17.6 Å². The van der Waals surface area contributed by atoms with Gasteiger partial charge < -0.3 is 15.3 Å². The number of carbonyl (C=O) groups excluding carboxylic acids is 1. The van der Waals surface area contributed by atoms with E-state index in [1.54, 1.807) is 11.8 Å². The first-order valence-electron chi connectivity index (χ1n) is 8.22. The molecule has 0 spiro atoms. The fourth-order valence-corrected chi connectivity index (χ4v) is 3.27. The van der Waals surface area contributed by atoms with Gasteiger partial charge in [0.2, 0.25) is 0 Å². The van der Waals surface area contributed by atoms with Crippen LogP contribution in [0.4, 0.5) is 4.79 Å². The van der Waals surface area contributed by atoms with Crippen LogP contribution in [-0.4, -0.2) is 41.8 Å². The van der Waals surface area contributed by atoms with Crippen LogP contribution < -0.4 is 5.32 Å². The van der Waals surface area contributed by atoms with Crippen molar-refractivity contribution in [3.63, 3.8) is 0 Å². The largest absolute Gasteiger partial charge is 0.393 e. The molecule has 4 nitrogen and oxygen atoms in total. The summed E-state index contributed by atoms with van der Waals surface area (Å²) in [5.74, 6) is 0.195. The third kappa shape index (κ3) is 5.40. The molecule has 128 valence electrons. The Balaban J connectivity index is 1.83. The molecule has 1 saturated heterocycles. The lowest BCUT2D eigenvalue weighted by Crippen LogP contribution is -2.43. The molecule has 1 aromatic carbocycles. The molecular weight excluding hydrogens is 312 g/mol. The van der Waals surface area contributed by atoms with Crippen molar-refractivity contribution in [2.45, 2.75) is 39.7 Å². The second kappa shape index (κ2) is 7.54. The quantitative estimate of drug-likeness (QED) is 0.865. The maximum absolute atomic E-state index is 12.3. The molecular formula is C18H27ClN2O2. The first-order valence-corrected chi connectivity index (χ1v) is 8.60. The number of hydrogen-bond acceptors (Lipinski definition) is 2. The smallest absolute Gasteiger partial charge is 0.317 e. The van der Waals surface area contributed by atoms with E-state index in [0.29, 0.717) is 13.1 Å². The van der Waals surface area contributed by atoms with Gasteiger partial charge in [-0.3, -0.25) is 0 Å². The SMILES string of the molecule is C[C@@H](O)[C@@H]1CCN(C(=O)NCC(C)(C)Cc2cccc(Cl)c2)C1. The molecule has 5 heteroatoms. The lowest BCUT2D eigenvalue weighted by Gasteiger charge is -2.27. The van der Waals surface area contributed by atoms with E-state index in [-0.39, 0.29) is 23.5 Å². The van der Waals surface area contributed by atoms with E-state index in [9.17, 15) is 9.90 Å². The molecule has 2 atom stereocenters. The Morgan fingerprint density at radius 3 is 2.87 bits per heavy atom. The second-order valence-corrected chi connectivity index (χ2v) is 7.80. The van der Waals surface area contributed by atoms with Crippen LogP contribution in [0, 0.1) is 11.3 Å². The summed E-state index contributed by atoms with van der Waals surface area (Å²) in [6, 6.07) is 7.81. The molecule has 2 amide bonds. The molecule has 1 fully saturated rings. The molecule has 23 heavy (non-hydrogen) atoms. The van der Waals surface area contributed by atoms with E-state index in [1.165, 1.54) is 5.56 Å². The Bertz CT molecular complexity index is 546. The standard InChI is InChI=1S/C18H27ClN2O2/c1-13(22)15-7-8-21(11-15)17(23)20-12-18(2,3)10-14-5-4-6-16(19)9-14/h4-6,9,13,15,22H,7-8,10-12H2,1-3H3,(H,20,23)/t13-,15-/m1/s1. The average Bonchev–Trinajstić information content (AvgIpc) is 2.94. The number of benzene rings is 1. The van der Waals surface area contributed by atoms with Gasteiger partial charge >= 0.3 is 6.03 Å². The second-order valence-electron chi connectivity index (χ2n) is 7.36. The van der Waals surface area contributed by atoms with Gasteiger partial charge in [0.15, 0.2) is 0 Å². The molecule has 0 unspecified atom stereocenters. The Morgan fingerprint density at radius 2 is 2.26 bits per heavy atom. The predicted molar refractivity (Wildman–Crippen MR) is 93.7 cm³/mol. The topological polar surface area (TPSA) is 52.6 Å². The number of urea groups is 1. The maximum Gasteiger partial charge on any atom is 0.317 e. The van der Waals surface area contributed by atoms with Crippen molar-refractivity contribution < 1.29 is 9.90 Å². The number of rotatable bonds is 5. The molecule has 1 aromatic rings. The lowest BCUT2D eigenvalue weighted by molar-refractivity contribution is 0.129. The number of aliphatic hydroxyl groups is 1. The number of nitrogens with zero attached hydrogens (tertiary/aromatic N) is 1. The fraction of sp³-hybridized carbons (Fsp3) is 0.611. The first-order chi connectivity index (χ1) is 10.8. The minimum atomic E-state index is -0.355. The Kier molecular flexibility index (Phi) is 5.93. The van der Waals surface area contributed by atoms with E-state index in [0.717, 1.165) is 24.4 Å². The fourth-order valence-electron chi connectivity index (χ4n) is 3.05. The highest BCUT2D eigenvalue weighted by Crippen LogP contribution is 2.24. The van der Waals surface area contributed by atoms with Gasteiger partial charge in [-0.1, -0.05) is 37.6 Å². The number of nitrogens with one attached hydrogen (secondary N) is 1. The monoisotopic (exact) mass is 338 g/mol. The number of aliphatic hydroxyl groups excluding tert-OH is 1. The molecule has 2 N–H and O–H groups in total. The molecule has 1 heterocycles. The van der Waals surface area contributed by atoms with E-state index in [2.05, 4.69) is 25.2 Å². The zero-order chi connectivity index (χ0) is 17.0. The molecule has 2 rings (SSSR count). The van der Waals surface area contributed by atoms with Gasteiger partial charge in [0.05, 0.1) is 6.10 Å². The molecule has 0 bridgehead atoms. The maximum atomic E-state index is 12.3. The van der Waals surface area contributed by atoms with Crippen LogP contribution in [0.25, 0.3) is 0 Å². The molecule has 0 aromatic heterocycles. The van der Waals surface area contributed by atoms with Crippen LogP contribution in [0.2, 0.25) is 5.02 Å². The van der Waals surface area contributed by atoms with Crippen LogP contribution in [0.5, 0.6) is 0 Å². The summed E-state index contributed by atoms with van der Waals surface area (Å²) in [5, 5.41) is 13.4. The summed E-state index contributed by atoms with van der Waals surface area (Å²) in [5.41, 5.74) is 1.12. The van der Waals surface area contributed by atoms with E-state index >= 15 is 0 Å². The van der Waals surface area contributed by atoms with Crippen molar-refractivity contribution in [2.75, 3.05) is 19.6 Å². The van der Waals surface area contributed by atoms with Crippen LogP contribution in [0.3, 0.4) is 0 Å². The number of hydrogen-bond donors (Lipinski definition) is 2. The number of halogens is 1. The number of likely N-dealkylation sites (tertiary alicyclic amines) is 1. The molecule has 0 radical (unpaired) electrons. The van der Waals surface area contributed by atoms with Gasteiger partial charge in [0, 0.05) is 30.6 Å². The van der Waals surface area contributed by atoms with Crippen LogP contribution in [0.1, 0.15) is 32.8 Å². The zero-order valence-electron chi connectivity index (χ0n) is 14.2. The predicted octanol–water partition coefficient (Wildman–Crippen LogP) is 3.32. The summed E-state index contributed by atoms with van der Waals surface area (Å²) in [7, 11) is 0. The lowest BCUT2D eigenvalue weighted by atomic mass is 9.86. The highest BCUT2D eigenvalue weighted by Gasteiger charge is 2.29. The van der Waals surface area contributed by atoms with Gasteiger partial charge in [0.1, 0.15) is 0 Å². The molecule has 1 aliphatic rings. The van der Waals surface area contributed by atoms with Crippen molar-refractivity contribution in [1.29, 1.82) is 0 Å². The van der Waals surface area contributed by atoms with Crippen molar-refractivity contribution in [1.82, 2.24) is 10.2 Å². The zero-order valence-corrected chi connectivity index (χ0v) is 14.9. The van der Waals surface area contributed by atoms with Crippen molar-refractivity contribution in [3.8, 4) is 0 Å². The van der Waals surface area contributed by atoms with Gasteiger partial charge in [0.25, 0.3) is 0 Å². The van der Waals surface area contributed by atoms with E-state index in [1.807, 2.05) is 18.2 Å². The third-order valence-corrected chi connectivity index (χ3v) is 4.72. The summed E-state index contributed by atoms with van der Waals surface area (Å²) in [4.78, 5) is 14.1. The van der Waals surface area contributed by atoms with Gasteiger partial charge in [-0.25, -0.2) is 4.79 Å². The van der Waals surface area contributed by atoms with Gasteiger partial charge in [-0.15, -0.1) is 0 Å². The summed E-state index contributed by atoms with van der Waals surface area (Å²) < 4.78 is 0. The van der Waals surface area contributed by atoms with Crippen molar-refractivity contribution in [3.05, 3.63) is 34.9 Å². The minimum absolute atomic E-state index is 0.0349. The molecule has 0 aliphatic carbocycles. The van der Waals surface area contributed by atoms with E-state index < -0.39 is 0 Å². The summed E-state index contributed by atoms with van der Waals surface area (Å²) in [6.07, 6.45) is 1.37.